The van der Waals surface area contributed by atoms with Crippen molar-refractivity contribution in [3.63, 3.8) is 0 Å². The van der Waals surface area contributed by atoms with E-state index in [9.17, 15) is 13.2 Å². The number of carbonyl (C=O) groups excluding carboxylic acids is 1. The molecule has 0 radical (unpaired) electrons. The highest BCUT2D eigenvalue weighted by atomic mass is 79.9. The molecule has 6 nitrogen and oxygen atoms in total. The van der Waals surface area contributed by atoms with Crippen LogP contribution in [0, 0.1) is 6.92 Å². The molecule has 0 saturated carbocycles. The fraction of sp³-hybridized carbons (Fsp3) is 0.409. The molecule has 8 heteroatoms. The molecule has 1 saturated heterocycles. The van der Waals surface area contributed by atoms with Gasteiger partial charge in [-0.15, -0.1) is 0 Å². The van der Waals surface area contributed by atoms with Crippen LogP contribution in [0.25, 0.3) is 0 Å². The van der Waals surface area contributed by atoms with Crippen molar-refractivity contribution >= 4 is 37.5 Å². The molecular weight excluding hydrogens is 468 g/mol. The Hall–Kier alpha value is -1.74. The Morgan fingerprint density at radius 1 is 1.17 bits per heavy atom. The number of amides is 1. The highest BCUT2D eigenvalue weighted by Gasteiger charge is 2.26. The molecular formula is C22H27BrN2O4S. The summed E-state index contributed by atoms with van der Waals surface area (Å²) in [6, 6.07) is 10.8. The molecule has 162 valence electrons. The van der Waals surface area contributed by atoms with Crippen LogP contribution >= 0.6 is 15.9 Å². The zero-order chi connectivity index (χ0) is 21.7. The summed E-state index contributed by atoms with van der Waals surface area (Å²) in [7, 11) is -3.50. The Morgan fingerprint density at radius 2 is 1.83 bits per heavy atom. The van der Waals surface area contributed by atoms with Crippen LogP contribution in [0.15, 0.2) is 45.8 Å². The monoisotopic (exact) mass is 494 g/mol. The van der Waals surface area contributed by atoms with Crippen molar-refractivity contribution in [2.24, 2.45) is 0 Å². The van der Waals surface area contributed by atoms with Crippen molar-refractivity contribution < 1.29 is 17.9 Å². The summed E-state index contributed by atoms with van der Waals surface area (Å²) < 4.78 is 33.1. The van der Waals surface area contributed by atoms with Gasteiger partial charge < -0.3 is 10.1 Å². The van der Waals surface area contributed by atoms with Crippen LogP contribution in [0.2, 0.25) is 0 Å². The first kappa shape index (κ1) is 22.9. The molecule has 1 heterocycles. The van der Waals surface area contributed by atoms with Gasteiger partial charge in [0.05, 0.1) is 18.1 Å². The number of carbonyl (C=O) groups is 1. The SMILES string of the molecule is CCc1cc(Br)cc(C)c1NC(=O)CCc1ccc(S(=O)(=O)N2CCOCC2)cc1. The maximum atomic E-state index is 12.7. The van der Waals surface area contributed by atoms with Crippen molar-refractivity contribution in [1.29, 1.82) is 0 Å². The lowest BCUT2D eigenvalue weighted by Crippen LogP contribution is -2.40. The third-order valence-corrected chi connectivity index (χ3v) is 7.57. The number of anilines is 1. The van der Waals surface area contributed by atoms with Crippen molar-refractivity contribution in [3.8, 4) is 0 Å². The number of benzene rings is 2. The van der Waals surface area contributed by atoms with Crippen LogP contribution in [-0.4, -0.2) is 44.9 Å². The second-order valence-corrected chi connectivity index (χ2v) is 10.2. The van der Waals surface area contributed by atoms with Crippen molar-refractivity contribution in [2.45, 2.75) is 38.0 Å². The summed E-state index contributed by atoms with van der Waals surface area (Å²) in [5.41, 5.74) is 3.91. The Kier molecular flexibility index (Phi) is 7.68. The lowest BCUT2D eigenvalue weighted by atomic mass is 10.1. The third kappa shape index (κ3) is 5.49. The summed E-state index contributed by atoms with van der Waals surface area (Å²) in [4.78, 5) is 12.8. The second kappa shape index (κ2) is 10.0. The first-order chi connectivity index (χ1) is 14.3. The number of nitrogens with one attached hydrogen (secondary N) is 1. The van der Waals surface area contributed by atoms with E-state index in [2.05, 4.69) is 28.2 Å². The molecule has 0 spiro atoms. The number of morpholine rings is 1. The molecule has 0 aliphatic carbocycles. The normalized spacial score (nSPS) is 15.2. The first-order valence-electron chi connectivity index (χ1n) is 10.1. The summed E-state index contributed by atoms with van der Waals surface area (Å²) >= 11 is 3.50. The minimum atomic E-state index is -3.50. The molecule has 1 fully saturated rings. The molecule has 1 amide bonds. The van der Waals surface area contributed by atoms with Gasteiger partial charge in [-0.05, 0) is 60.7 Å². The molecule has 1 aliphatic rings. The number of sulfonamides is 1. The maximum Gasteiger partial charge on any atom is 0.243 e. The molecule has 1 N–H and O–H groups in total. The van der Waals surface area contributed by atoms with Gasteiger partial charge in [0.2, 0.25) is 15.9 Å². The fourth-order valence-corrected chi connectivity index (χ4v) is 5.52. The van der Waals surface area contributed by atoms with Crippen molar-refractivity contribution in [2.75, 3.05) is 31.6 Å². The van der Waals surface area contributed by atoms with Crippen molar-refractivity contribution in [1.82, 2.24) is 4.31 Å². The highest BCUT2D eigenvalue weighted by molar-refractivity contribution is 9.10. The molecule has 0 atom stereocenters. The smallest absolute Gasteiger partial charge is 0.243 e. The summed E-state index contributed by atoms with van der Waals surface area (Å²) in [6.45, 7) is 5.63. The van der Waals surface area contributed by atoms with Gasteiger partial charge in [-0.2, -0.15) is 4.31 Å². The van der Waals surface area contributed by atoms with Crippen LogP contribution in [0.1, 0.15) is 30.0 Å². The standard InChI is InChI=1S/C22H27BrN2O4S/c1-3-18-15-19(23)14-16(2)22(18)24-21(26)9-6-17-4-7-20(8-5-17)30(27,28)25-10-12-29-13-11-25/h4-5,7-8,14-15H,3,6,9-13H2,1-2H3,(H,24,26). The Labute approximate surface area is 186 Å². The lowest BCUT2D eigenvalue weighted by molar-refractivity contribution is -0.116. The van der Waals surface area contributed by atoms with Crippen LogP contribution in [-0.2, 0) is 32.4 Å². The largest absolute Gasteiger partial charge is 0.379 e. The van der Waals surface area contributed by atoms with E-state index in [0.29, 0.717) is 39.1 Å². The fourth-order valence-electron chi connectivity index (χ4n) is 3.49. The van der Waals surface area contributed by atoms with Gasteiger partial charge in [0.1, 0.15) is 0 Å². The Balaban J connectivity index is 1.61. The number of halogens is 1. The van der Waals surface area contributed by atoms with Gasteiger partial charge in [0.25, 0.3) is 0 Å². The van der Waals surface area contributed by atoms with Gasteiger partial charge in [-0.3, -0.25) is 4.79 Å². The van der Waals surface area contributed by atoms with Crippen LogP contribution in [0.4, 0.5) is 5.69 Å². The maximum absolute atomic E-state index is 12.7. The molecule has 2 aromatic rings. The predicted molar refractivity (Wildman–Crippen MR) is 121 cm³/mol. The molecule has 0 bridgehead atoms. The topological polar surface area (TPSA) is 75.7 Å². The number of aryl methyl sites for hydroxylation is 3. The van der Waals surface area contributed by atoms with E-state index < -0.39 is 10.0 Å². The number of rotatable bonds is 7. The van der Waals surface area contributed by atoms with E-state index in [0.717, 1.165) is 33.3 Å². The number of hydrogen-bond acceptors (Lipinski definition) is 4. The molecule has 0 aromatic heterocycles. The second-order valence-electron chi connectivity index (χ2n) is 7.32. The first-order valence-corrected chi connectivity index (χ1v) is 12.3. The lowest BCUT2D eigenvalue weighted by Gasteiger charge is -2.26. The average molecular weight is 495 g/mol. The van der Waals surface area contributed by atoms with Gasteiger partial charge in [-0.1, -0.05) is 35.0 Å². The van der Waals surface area contributed by atoms with Gasteiger partial charge in [-0.25, -0.2) is 8.42 Å². The van der Waals surface area contributed by atoms with E-state index in [1.54, 1.807) is 24.3 Å². The van der Waals surface area contributed by atoms with Crippen LogP contribution in [0.5, 0.6) is 0 Å². The van der Waals surface area contributed by atoms with Crippen LogP contribution < -0.4 is 5.32 Å². The van der Waals surface area contributed by atoms with E-state index in [1.807, 2.05) is 19.1 Å². The van der Waals surface area contributed by atoms with Gasteiger partial charge in [0.15, 0.2) is 0 Å². The third-order valence-electron chi connectivity index (χ3n) is 5.20. The van der Waals surface area contributed by atoms with E-state index in [1.165, 1.54) is 4.31 Å². The molecule has 1 aliphatic heterocycles. The molecule has 3 rings (SSSR count). The quantitative estimate of drug-likeness (QED) is 0.632. The minimum Gasteiger partial charge on any atom is -0.379 e. The van der Waals surface area contributed by atoms with Gasteiger partial charge in [0, 0.05) is 29.7 Å². The van der Waals surface area contributed by atoms with Gasteiger partial charge >= 0.3 is 0 Å². The highest BCUT2D eigenvalue weighted by Crippen LogP contribution is 2.26. The molecule has 0 unspecified atom stereocenters. The molecule has 2 aromatic carbocycles. The average Bonchev–Trinajstić information content (AvgIpc) is 2.75. The minimum absolute atomic E-state index is 0.0554. The van der Waals surface area contributed by atoms with E-state index in [4.69, 9.17) is 4.74 Å². The zero-order valence-electron chi connectivity index (χ0n) is 17.3. The predicted octanol–water partition coefficient (Wildman–Crippen LogP) is 3.91. The summed E-state index contributed by atoms with van der Waals surface area (Å²) in [6.07, 6.45) is 1.70. The summed E-state index contributed by atoms with van der Waals surface area (Å²) in [5, 5.41) is 3.03. The van der Waals surface area contributed by atoms with Crippen LogP contribution in [0.3, 0.4) is 0 Å². The number of nitrogens with zero attached hydrogens (tertiary/aromatic N) is 1. The van der Waals surface area contributed by atoms with Crippen molar-refractivity contribution in [3.05, 3.63) is 57.6 Å². The molecule has 30 heavy (non-hydrogen) atoms. The zero-order valence-corrected chi connectivity index (χ0v) is 19.7. The Morgan fingerprint density at radius 3 is 2.47 bits per heavy atom. The Bertz CT molecular complexity index is 1000. The summed E-state index contributed by atoms with van der Waals surface area (Å²) in [5.74, 6) is -0.0554. The van der Waals surface area contributed by atoms with E-state index >= 15 is 0 Å². The van der Waals surface area contributed by atoms with E-state index in [-0.39, 0.29) is 10.8 Å². The number of ether oxygens (including phenoxy) is 1. The number of hydrogen-bond donors (Lipinski definition) is 1.